The molecule has 2 N–H and O–H groups in total. The zero-order valence-corrected chi connectivity index (χ0v) is 11.4. The van der Waals surface area contributed by atoms with Crippen LogP contribution in [0.1, 0.15) is 38.7 Å². The van der Waals surface area contributed by atoms with E-state index in [1.807, 2.05) is 18.2 Å². The van der Waals surface area contributed by atoms with Crippen LogP contribution in [0.4, 0.5) is 0 Å². The van der Waals surface area contributed by atoms with E-state index in [9.17, 15) is 4.79 Å². The van der Waals surface area contributed by atoms with Crippen LogP contribution >= 0.6 is 0 Å². The molecule has 1 fully saturated rings. The second-order valence-electron chi connectivity index (χ2n) is 5.37. The van der Waals surface area contributed by atoms with E-state index in [0.717, 1.165) is 12.5 Å². The van der Waals surface area contributed by atoms with E-state index in [1.54, 1.807) is 0 Å². The quantitative estimate of drug-likeness (QED) is 0.847. The van der Waals surface area contributed by atoms with Crippen molar-refractivity contribution in [1.82, 2.24) is 5.32 Å². The molecule has 1 aromatic rings. The first kappa shape index (κ1) is 14.7. The molecule has 0 aromatic heterocycles. The Kier molecular flexibility index (Phi) is 5.86. The number of hydrogen-bond donors (Lipinski definition) is 2. The zero-order chi connectivity index (χ0) is 13.5. The van der Waals surface area contributed by atoms with E-state index >= 15 is 0 Å². The van der Waals surface area contributed by atoms with Crippen molar-refractivity contribution in [3.8, 4) is 0 Å². The van der Waals surface area contributed by atoms with Gasteiger partial charge in [-0.2, -0.15) is 0 Å². The van der Waals surface area contributed by atoms with Crippen LogP contribution in [-0.4, -0.2) is 23.7 Å². The summed E-state index contributed by atoms with van der Waals surface area (Å²) in [7, 11) is 0. The summed E-state index contributed by atoms with van der Waals surface area (Å²) in [4.78, 5) is 10.7. The summed E-state index contributed by atoms with van der Waals surface area (Å²) in [5, 5.41) is 11.8. The van der Waals surface area contributed by atoms with Gasteiger partial charge in [-0.15, -0.1) is 0 Å². The fourth-order valence-electron chi connectivity index (χ4n) is 1.90. The monoisotopic (exact) mass is 249 g/mol. The lowest BCUT2D eigenvalue weighted by Gasteiger charge is -2.07. The molecule has 3 nitrogen and oxygen atoms in total. The Labute approximate surface area is 109 Å². The Bertz CT molecular complexity index is 359. The number of hydrogen-bond acceptors (Lipinski definition) is 2. The summed E-state index contributed by atoms with van der Waals surface area (Å²) < 4.78 is 0. The summed E-state index contributed by atoms with van der Waals surface area (Å²) >= 11 is 0. The van der Waals surface area contributed by atoms with Gasteiger partial charge in [-0.3, -0.25) is 4.79 Å². The van der Waals surface area contributed by atoms with Gasteiger partial charge in [-0.25, -0.2) is 0 Å². The molecule has 0 amide bonds. The van der Waals surface area contributed by atoms with E-state index < -0.39 is 5.97 Å². The lowest BCUT2D eigenvalue weighted by Crippen LogP contribution is -2.29. The topological polar surface area (TPSA) is 49.3 Å². The van der Waals surface area contributed by atoms with Gasteiger partial charge in [0.2, 0.25) is 0 Å². The molecule has 1 aliphatic heterocycles. The minimum absolute atomic E-state index is 0.345. The average Bonchev–Trinajstić information content (AvgIpc) is 2.79. The summed E-state index contributed by atoms with van der Waals surface area (Å²) in [6.45, 7) is 7.26. The maximum atomic E-state index is 10.7. The number of carboxylic acids is 1. The van der Waals surface area contributed by atoms with Gasteiger partial charge in [-0.05, 0) is 23.8 Å². The molecule has 0 radical (unpaired) electrons. The highest BCUT2D eigenvalue weighted by Gasteiger charge is 2.29. The van der Waals surface area contributed by atoms with Crippen molar-refractivity contribution in [3.63, 3.8) is 0 Å². The van der Waals surface area contributed by atoms with Crippen molar-refractivity contribution in [2.45, 2.75) is 39.2 Å². The molecule has 2 atom stereocenters. The second kappa shape index (κ2) is 7.17. The Morgan fingerprint density at radius 2 is 1.83 bits per heavy atom. The highest BCUT2D eigenvalue weighted by molar-refractivity contribution is 5.74. The summed E-state index contributed by atoms with van der Waals surface area (Å²) in [6, 6.07) is 9.68. The highest BCUT2D eigenvalue weighted by atomic mass is 16.4. The van der Waals surface area contributed by atoms with Gasteiger partial charge < -0.3 is 10.4 Å². The van der Waals surface area contributed by atoms with Gasteiger partial charge in [0.1, 0.15) is 6.04 Å². The first-order valence-electron chi connectivity index (χ1n) is 6.51. The van der Waals surface area contributed by atoms with Gasteiger partial charge in [0, 0.05) is 6.54 Å². The first-order chi connectivity index (χ1) is 8.50. The van der Waals surface area contributed by atoms with Crippen molar-refractivity contribution < 1.29 is 9.90 Å². The molecule has 1 saturated heterocycles. The highest BCUT2D eigenvalue weighted by Crippen LogP contribution is 2.25. The normalized spacial score (nSPS) is 22.4. The molecule has 0 aliphatic carbocycles. The van der Waals surface area contributed by atoms with Gasteiger partial charge >= 0.3 is 5.97 Å². The lowest BCUT2D eigenvalue weighted by atomic mass is 9.96. The largest absolute Gasteiger partial charge is 0.480 e. The minimum atomic E-state index is -0.747. The van der Waals surface area contributed by atoms with Crippen molar-refractivity contribution >= 4 is 5.97 Å². The number of aliphatic carboxylic acids is 1. The zero-order valence-electron chi connectivity index (χ0n) is 11.4. The molecule has 3 heteroatoms. The van der Waals surface area contributed by atoms with Crippen molar-refractivity contribution in [3.05, 3.63) is 35.9 Å². The van der Waals surface area contributed by atoms with E-state index in [0.29, 0.717) is 12.3 Å². The summed E-state index contributed by atoms with van der Waals surface area (Å²) in [5.41, 5.74) is 1.23. The first-order valence-corrected chi connectivity index (χ1v) is 6.51. The standard InChI is InChI=1S/C11H13NO2.C4H10/c13-11(14)10-6-9(7-12-10)8-4-2-1-3-5-8;1-4(2)3/h1-5,9-10,12H,6-7H2,(H,13,14);4H,1-3H3. The molecule has 1 heterocycles. The smallest absolute Gasteiger partial charge is 0.320 e. The molecular weight excluding hydrogens is 226 g/mol. The van der Waals surface area contributed by atoms with Crippen LogP contribution in [0.3, 0.4) is 0 Å². The van der Waals surface area contributed by atoms with Crippen LogP contribution in [0, 0.1) is 5.92 Å². The van der Waals surface area contributed by atoms with Crippen LogP contribution in [-0.2, 0) is 4.79 Å². The van der Waals surface area contributed by atoms with E-state index in [1.165, 1.54) is 5.56 Å². The number of benzene rings is 1. The maximum Gasteiger partial charge on any atom is 0.320 e. The lowest BCUT2D eigenvalue weighted by molar-refractivity contribution is -0.139. The Hall–Kier alpha value is -1.35. The molecule has 1 aromatic carbocycles. The van der Waals surface area contributed by atoms with Crippen LogP contribution in [0.5, 0.6) is 0 Å². The Balaban J connectivity index is 0.000000357. The van der Waals surface area contributed by atoms with E-state index in [2.05, 4.69) is 38.2 Å². The fourth-order valence-corrected chi connectivity index (χ4v) is 1.90. The third kappa shape index (κ3) is 4.88. The summed E-state index contributed by atoms with van der Waals surface area (Å²) in [5.74, 6) is 0.431. The number of carbonyl (C=O) groups is 1. The van der Waals surface area contributed by atoms with Crippen LogP contribution in [0.15, 0.2) is 30.3 Å². The molecule has 1 aliphatic rings. The minimum Gasteiger partial charge on any atom is -0.480 e. The fraction of sp³-hybridized carbons (Fsp3) is 0.533. The molecule has 0 saturated carbocycles. The van der Waals surface area contributed by atoms with Crippen molar-refractivity contribution in [2.75, 3.05) is 6.54 Å². The van der Waals surface area contributed by atoms with Crippen LogP contribution in [0.25, 0.3) is 0 Å². The van der Waals surface area contributed by atoms with Crippen LogP contribution < -0.4 is 5.32 Å². The molecular formula is C15H23NO2. The van der Waals surface area contributed by atoms with E-state index in [4.69, 9.17) is 5.11 Å². The second-order valence-corrected chi connectivity index (χ2v) is 5.37. The van der Waals surface area contributed by atoms with Crippen molar-refractivity contribution in [1.29, 1.82) is 0 Å². The molecule has 0 spiro atoms. The molecule has 0 bridgehead atoms. The van der Waals surface area contributed by atoms with E-state index in [-0.39, 0.29) is 6.04 Å². The van der Waals surface area contributed by atoms with Crippen LogP contribution in [0.2, 0.25) is 0 Å². The van der Waals surface area contributed by atoms with Gasteiger partial charge in [-0.1, -0.05) is 51.1 Å². The van der Waals surface area contributed by atoms with Gasteiger partial charge in [0.15, 0.2) is 0 Å². The molecule has 2 rings (SSSR count). The average molecular weight is 249 g/mol. The third-order valence-electron chi connectivity index (χ3n) is 2.70. The SMILES string of the molecule is CC(C)C.O=C(O)C1CC(c2ccccc2)CN1. The maximum absolute atomic E-state index is 10.7. The third-order valence-corrected chi connectivity index (χ3v) is 2.70. The summed E-state index contributed by atoms with van der Waals surface area (Å²) in [6.07, 6.45) is 0.694. The Morgan fingerprint density at radius 1 is 1.28 bits per heavy atom. The van der Waals surface area contributed by atoms with Crippen molar-refractivity contribution in [2.24, 2.45) is 5.92 Å². The molecule has 100 valence electrons. The molecule has 2 unspecified atom stereocenters. The Morgan fingerprint density at radius 3 is 2.28 bits per heavy atom. The number of rotatable bonds is 2. The number of carboxylic acid groups (broad SMARTS) is 1. The van der Waals surface area contributed by atoms with Gasteiger partial charge in [0.05, 0.1) is 0 Å². The predicted molar refractivity (Wildman–Crippen MR) is 73.7 cm³/mol. The number of nitrogens with one attached hydrogen (secondary N) is 1. The predicted octanol–water partition coefficient (Wildman–Crippen LogP) is 2.88. The molecule has 18 heavy (non-hydrogen) atoms. The van der Waals surface area contributed by atoms with Gasteiger partial charge in [0.25, 0.3) is 0 Å².